The number of methoxy groups -OCH3 is 1. The molecule has 6 nitrogen and oxygen atoms in total. The fraction of sp³-hybridized carbons (Fsp3) is 0.708. The van der Waals surface area contributed by atoms with E-state index in [0.29, 0.717) is 6.04 Å². The summed E-state index contributed by atoms with van der Waals surface area (Å²) in [7, 11) is 3.67. The summed E-state index contributed by atoms with van der Waals surface area (Å²) < 4.78 is 5.20. The van der Waals surface area contributed by atoms with E-state index in [1.807, 2.05) is 7.05 Å². The Balaban J connectivity index is 0.00000341. The van der Waals surface area contributed by atoms with E-state index >= 15 is 0 Å². The highest BCUT2D eigenvalue weighted by Gasteiger charge is 2.22. The van der Waals surface area contributed by atoms with E-state index in [1.165, 1.54) is 49.9 Å². The zero-order valence-electron chi connectivity index (χ0n) is 19.6. The first-order valence-corrected chi connectivity index (χ1v) is 11.6. The Kier molecular flexibility index (Phi) is 12.1. The van der Waals surface area contributed by atoms with Crippen molar-refractivity contribution in [2.45, 2.75) is 45.2 Å². The number of aliphatic imine (C=N–C) groups is 1. The molecule has 1 aromatic rings. The third-order valence-electron chi connectivity index (χ3n) is 6.68. The number of hydrogen-bond acceptors (Lipinski definition) is 4. The molecule has 7 heteroatoms. The largest absolute Gasteiger partial charge is 0.383 e. The lowest BCUT2D eigenvalue weighted by molar-refractivity contribution is 0.120. The van der Waals surface area contributed by atoms with Crippen molar-refractivity contribution in [1.29, 1.82) is 0 Å². The molecule has 31 heavy (non-hydrogen) atoms. The summed E-state index contributed by atoms with van der Waals surface area (Å²) in [6.45, 7) is 10.8. The van der Waals surface area contributed by atoms with Gasteiger partial charge in [-0.1, -0.05) is 24.3 Å². The van der Waals surface area contributed by atoms with E-state index < -0.39 is 0 Å². The van der Waals surface area contributed by atoms with Gasteiger partial charge in [0.1, 0.15) is 0 Å². The van der Waals surface area contributed by atoms with E-state index in [2.05, 4.69) is 56.6 Å². The molecule has 0 saturated carbocycles. The van der Waals surface area contributed by atoms with Crippen molar-refractivity contribution in [3.8, 4) is 0 Å². The molecule has 0 bridgehead atoms. The molecule has 1 aromatic carbocycles. The van der Waals surface area contributed by atoms with Crippen molar-refractivity contribution in [2.24, 2.45) is 10.9 Å². The molecule has 2 fully saturated rings. The van der Waals surface area contributed by atoms with Gasteiger partial charge in [0.25, 0.3) is 0 Å². The second kappa shape index (κ2) is 14.3. The van der Waals surface area contributed by atoms with Crippen LogP contribution in [0.25, 0.3) is 0 Å². The zero-order chi connectivity index (χ0) is 21.2. The predicted molar refractivity (Wildman–Crippen MR) is 140 cm³/mol. The highest BCUT2D eigenvalue weighted by atomic mass is 127. The Hall–Kier alpha value is -0.900. The van der Waals surface area contributed by atoms with Crippen molar-refractivity contribution >= 4 is 29.9 Å². The third kappa shape index (κ3) is 8.86. The Morgan fingerprint density at radius 1 is 1.06 bits per heavy atom. The van der Waals surface area contributed by atoms with Gasteiger partial charge < -0.3 is 20.3 Å². The first-order valence-electron chi connectivity index (χ1n) is 11.6. The van der Waals surface area contributed by atoms with Gasteiger partial charge in [0.15, 0.2) is 5.96 Å². The number of piperidine rings is 2. The minimum atomic E-state index is 0. The van der Waals surface area contributed by atoms with Crippen LogP contribution in [0.15, 0.2) is 29.3 Å². The number of benzene rings is 1. The van der Waals surface area contributed by atoms with Crippen molar-refractivity contribution in [3.63, 3.8) is 0 Å². The SMILES string of the molecule is CN=C(NCC1CCN(CCOC)CC1)NC1CCN(Cc2ccccc2C)CC1.I. The minimum absolute atomic E-state index is 0. The van der Waals surface area contributed by atoms with Crippen LogP contribution in [0.2, 0.25) is 0 Å². The normalized spacial score (nSPS) is 19.8. The molecule has 0 aromatic heterocycles. The first kappa shape index (κ1) is 26.4. The fourth-order valence-electron chi connectivity index (χ4n) is 4.53. The van der Waals surface area contributed by atoms with Crippen LogP contribution < -0.4 is 10.6 Å². The molecule has 2 N–H and O–H groups in total. The molecule has 0 spiro atoms. The highest BCUT2D eigenvalue weighted by Crippen LogP contribution is 2.17. The van der Waals surface area contributed by atoms with Crippen LogP contribution in [0, 0.1) is 12.8 Å². The van der Waals surface area contributed by atoms with Gasteiger partial charge in [-0.15, -0.1) is 24.0 Å². The monoisotopic (exact) mass is 543 g/mol. The molecule has 0 amide bonds. The summed E-state index contributed by atoms with van der Waals surface area (Å²) >= 11 is 0. The molecule has 2 aliphatic rings. The molecular formula is C24H42IN5O. The maximum Gasteiger partial charge on any atom is 0.191 e. The summed E-state index contributed by atoms with van der Waals surface area (Å²) in [5.41, 5.74) is 2.85. The predicted octanol–water partition coefficient (Wildman–Crippen LogP) is 3.10. The first-order chi connectivity index (χ1) is 14.7. The topological polar surface area (TPSA) is 52.1 Å². The average Bonchev–Trinajstić information content (AvgIpc) is 2.78. The minimum Gasteiger partial charge on any atom is -0.383 e. The lowest BCUT2D eigenvalue weighted by Gasteiger charge is -2.34. The number of halogens is 1. The van der Waals surface area contributed by atoms with Crippen molar-refractivity contribution in [2.75, 3.05) is 60.0 Å². The second-order valence-corrected chi connectivity index (χ2v) is 8.85. The fourth-order valence-corrected chi connectivity index (χ4v) is 4.53. The second-order valence-electron chi connectivity index (χ2n) is 8.85. The molecule has 0 atom stereocenters. The molecule has 0 aliphatic carbocycles. The van der Waals surface area contributed by atoms with E-state index in [0.717, 1.165) is 51.2 Å². The molecule has 2 aliphatic heterocycles. The van der Waals surface area contributed by atoms with E-state index in [-0.39, 0.29) is 24.0 Å². The summed E-state index contributed by atoms with van der Waals surface area (Å²) in [6.07, 6.45) is 4.85. The summed E-state index contributed by atoms with van der Waals surface area (Å²) in [4.78, 5) is 9.56. The molecular weight excluding hydrogens is 501 g/mol. The number of hydrogen-bond donors (Lipinski definition) is 2. The van der Waals surface area contributed by atoms with Gasteiger partial charge in [0.2, 0.25) is 0 Å². The number of rotatable bonds is 8. The zero-order valence-corrected chi connectivity index (χ0v) is 21.9. The number of nitrogens with zero attached hydrogens (tertiary/aromatic N) is 3. The van der Waals surface area contributed by atoms with Crippen LogP contribution in [0.4, 0.5) is 0 Å². The lowest BCUT2D eigenvalue weighted by atomic mass is 9.97. The summed E-state index contributed by atoms with van der Waals surface area (Å²) in [6, 6.07) is 9.25. The Bertz CT molecular complexity index is 655. The summed E-state index contributed by atoms with van der Waals surface area (Å²) in [5.74, 6) is 1.70. The smallest absolute Gasteiger partial charge is 0.191 e. The van der Waals surface area contributed by atoms with Gasteiger partial charge in [-0.3, -0.25) is 9.89 Å². The third-order valence-corrected chi connectivity index (χ3v) is 6.68. The number of guanidine groups is 1. The van der Waals surface area contributed by atoms with E-state index in [4.69, 9.17) is 4.74 Å². The van der Waals surface area contributed by atoms with Crippen LogP contribution >= 0.6 is 24.0 Å². The molecule has 2 heterocycles. The van der Waals surface area contributed by atoms with Crippen LogP contribution in [0.5, 0.6) is 0 Å². The van der Waals surface area contributed by atoms with Gasteiger partial charge in [0, 0.05) is 52.9 Å². The maximum atomic E-state index is 5.20. The van der Waals surface area contributed by atoms with Crippen molar-refractivity contribution in [3.05, 3.63) is 35.4 Å². The van der Waals surface area contributed by atoms with Crippen molar-refractivity contribution < 1.29 is 4.74 Å². The van der Waals surface area contributed by atoms with E-state index in [1.54, 1.807) is 7.11 Å². The van der Waals surface area contributed by atoms with E-state index in [9.17, 15) is 0 Å². The Morgan fingerprint density at radius 3 is 2.39 bits per heavy atom. The quantitative estimate of drug-likeness (QED) is 0.300. The highest BCUT2D eigenvalue weighted by molar-refractivity contribution is 14.0. The van der Waals surface area contributed by atoms with Gasteiger partial charge in [-0.25, -0.2) is 0 Å². The molecule has 3 rings (SSSR count). The lowest BCUT2D eigenvalue weighted by Crippen LogP contribution is -2.49. The van der Waals surface area contributed by atoms with Gasteiger partial charge in [0.05, 0.1) is 6.61 Å². The van der Waals surface area contributed by atoms with Crippen LogP contribution in [0.1, 0.15) is 36.8 Å². The number of likely N-dealkylation sites (tertiary alicyclic amines) is 2. The van der Waals surface area contributed by atoms with Gasteiger partial charge in [-0.2, -0.15) is 0 Å². The molecule has 0 unspecified atom stereocenters. The van der Waals surface area contributed by atoms with Crippen molar-refractivity contribution in [1.82, 2.24) is 20.4 Å². The Labute approximate surface area is 206 Å². The average molecular weight is 544 g/mol. The molecule has 0 radical (unpaired) electrons. The Morgan fingerprint density at radius 2 is 1.74 bits per heavy atom. The number of aryl methyl sites for hydroxylation is 1. The van der Waals surface area contributed by atoms with Gasteiger partial charge in [-0.05, 0) is 62.7 Å². The van der Waals surface area contributed by atoms with Crippen LogP contribution in [-0.4, -0.2) is 81.8 Å². The molecule has 176 valence electrons. The van der Waals surface area contributed by atoms with Crippen LogP contribution in [0.3, 0.4) is 0 Å². The molecule has 2 saturated heterocycles. The standard InChI is InChI=1S/C24H41N5O.HI/c1-20-6-4-5-7-22(20)19-29-14-10-23(11-15-29)27-24(25-2)26-18-21-8-12-28(13-9-21)16-17-30-3;/h4-7,21,23H,8-19H2,1-3H3,(H2,25,26,27);1H. The maximum absolute atomic E-state index is 5.20. The number of nitrogens with one attached hydrogen (secondary N) is 2. The van der Waals surface area contributed by atoms with Crippen LogP contribution in [-0.2, 0) is 11.3 Å². The van der Waals surface area contributed by atoms with Gasteiger partial charge >= 0.3 is 0 Å². The number of ether oxygens (including phenoxy) is 1. The summed E-state index contributed by atoms with van der Waals surface area (Å²) in [5, 5.41) is 7.25.